The Kier molecular flexibility index (Phi) is 60.4. The lowest BCUT2D eigenvalue weighted by molar-refractivity contribution is -0.129. The first-order chi connectivity index (χ1) is 33.2. The van der Waals surface area contributed by atoms with Gasteiger partial charge in [0.05, 0.1) is 6.61 Å². The highest BCUT2D eigenvalue weighted by molar-refractivity contribution is 5.78. The summed E-state index contributed by atoms with van der Waals surface area (Å²) in [6.07, 6.45) is 7.88. The van der Waals surface area contributed by atoms with Crippen LogP contribution in [0.15, 0.2) is 0 Å². The van der Waals surface area contributed by atoms with Crippen molar-refractivity contribution < 1.29 is 19.5 Å². The molecule has 1 fully saturated rings. The van der Waals surface area contributed by atoms with Gasteiger partial charge in [0.2, 0.25) is 17.7 Å². The summed E-state index contributed by atoms with van der Waals surface area (Å²) >= 11 is 0. The van der Waals surface area contributed by atoms with Gasteiger partial charge in [-0.25, -0.2) is 0 Å². The number of nitrogens with two attached hydrogens (primary N) is 6. The Morgan fingerprint density at radius 3 is 1.43 bits per heavy atom. The lowest BCUT2D eigenvalue weighted by atomic mass is 10.1. The van der Waals surface area contributed by atoms with Crippen LogP contribution in [0.3, 0.4) is 0 Å². The van der Waals surface area contributed by atoms with Crippen molar-refractivity contribution in [2.75, 3.05) is 191 Å². The van der Waals surface area contributed by atoms with Crippen molar-refractivity contribution in [3.05, 3.63) is 0 Å². The summed E-state index contributed by atoms with van der Waals surface area (Å²) in [5.74, 6) is 0.879. The summed E-state index contributed by atoms with van der Waals surface area (Å²) in [6, 6.07) is 0.265. The van der Waals surface area contributed by atoms with E-state index < -0.39 is 0 Å². The third kappa shape index (κ3) is 50.6. The quantitative estimate of drug-likeness (QED) is 0.0328. The predicted molar refractivity (Wildman–Crippen MR) is 293 cm³/mol. The lowest BCUT2D eigenvalue weighted by Gasteiger charge is -2.30. The van der Waals surface area contributed by atoms with Crippen LogP contribution in [-0.2, 0) is 14.4 Å². The number of hydrogen-bond acceptors (Lipinski definition) is 17. The Balaban J connectivity index is -0.000000521. The fraction of sp³-hybridized carbons (Fsp3) is 0.939. The van der Waals surface area contributed by atoms with Crippen molar-refractivity contribution in [2.45, 2.75) is 106 Å². The van der Waals surface area contributed by atoms with Crippen LogP contribution < -0.4 is 55.7 Å². The molecule has 0 saturated carbocycles. The molecule has 1 rings (SSSR count). The van der Waals surface area contributed by atoms with E-state index in [-0.39, 0.29) is 30.4 Å². The number of likely N-dealkylation sites (tertiary alicyclic amines) is 1. The minimum absolute atomic E-state index is 0.155. The number of aliphatic hydroxyl groups is 1. The molecule has 0 spiro atoms. The molecule has 0 radical (unpaired) electrons. The lowest BCUT2D eigenvalue weighted by Crippen LogP contribution is -2.45. The molecular formula is C49H116N16O4. The second kappa shape index (κ2) is 56.8. The summed E-state index contributed by atoms with van der Waals surface area (Å²) in [6.45, 7) is 37.3. The molecule has 1 heterocycles. The van der Waals surface area contributed by atoms with Crippen molar-refractivity contribution in [2.24, 2.45) is 40.3 Å². The Hall–Kier alpha value is -2.15. The summed E-state index contributed by atoms with van der Waals surface area (Å²) in [4.78, 5) is 46.1. The number of aliphatic hydroxyl groups excluding tert-OH is 1. The highest BCUT2D eigenvalue weighted by atomic mass is 16.3. The average Bonchev–Trinajstić information content (AvgIpc) is 3.76. The van der Waals surface area contributed by atoms with E-state index in [2.05, 4.69) is 47.8 Å². The molecule has 20 heteroatoms. The van der Waals surface area contributed by atoms with Crippen LogP contribution >= 0.6 is 0 Å². The maximum atomic E-state index is 11.1. The topological polar surface area (TPSA) is 295 Å². The van der Waals surface area contributed by atoms with Gasteiger partial charge in [0.1, 0.15) is 0 Å². The van der Waals surface area contributed by atoms with E-state index in [4.69, 9.17) is 39.5 Å². The van der Waals surface area contributed by atoms with Crippen molar-refractivity contribution >= 4 is 17.7 Å². The normalized spacial score (nSPS) is 12.6. The summed E-state index contributed by atoms with van der Waals surface area (Å²) in [5, 5.41) is 20.7. The number of nitrogens with zero attached hydrogens (tertiary/aromatic N) is 6. The minimum atomic E-state index is 0.155. The van der Waals surface area contributed by atoms with Gasteiger partial charge in [0, 0.05) is 189 Å². The smallest absolute Gasteiger partial charge is 0.223 e. The molecule has 1 saturated heterocycles. The van der Waals surface area contributed by atoms with Crippen molar-refractivity contribution in [3.63, 3.8) is 0 Å². The van der Waals surface area contributed by atoms with Crippen LogP contribution in [0.4, 0.5) is 0 Å². The number of unbranched alkanes of at least 4 members (excludes halogenated alkanes) is 2. The SMILES string of the molecule is CCC(C)C(=O)NC(C)C.CCCN(C)C(=O)CC.CCN1CCCC1=O.CNCCO.NCCCCCN(CCN(CCN)CCN)CCN(CCNCCN)CCNCCN(CCN)CCN. The van der Waals surface area contributed by atoms with Crippen LogP contribution in [0.5, 0.6) is 0 Å². The summed E-state index contributed by atoms with van der Waals surface area (Å²) < 4.78 is 0. The van der Waals surface area contributed by atoms with Gasteiger partial charge in [0.25, 0.3) is 0 Å². The molecule has 17 N–H and O–H groups in total. The molecule has 1 unspecified atom stereocenters. The van der Waals surface area contributed by atoms with E-state index in [0.717, 1.165) is 163 Å². The summed E-state index contributed by atoms with van der Waals surface area (Å²) in [5.41, 5.74) is 34.4. The fourth-order valence-electron chi connectivity index (χ4n) is 6.85. The average molecular weight is 994 g/mol. The second-order valence-corrected chi connectivity index (χ2v) is 17.7. The van der Waals surface area contributed by atoms with Gasteiger partial charge in [-0.15, -0.1) is 0 Å². The Bertz CT molecular complexity index is 1070. The molecule has 69 heavy (non-hydrogen) atoms. The standard InChI is InChI=1S/C25H64N12.C8H17NO.C7H15NO.C6H11NO.C3H9NO/c26-4-2-1-3-14-34(22-24-36(17-8-30)18-9-31)23-25-37(20-11-32-10-5-27)21-13-33-12-19-35(15-6-28)16-7-29;1-5-7(4)8(10)9-6(2)3;1-4-6-8(3)7(9)5-2;1-2-7-5-3-4-6(7)8;1-4-2-3-5/h32-33H,1-31H2;6-7H,5H2,1-4H3,(H,9,10);4-6H2,1-3H3;2-5H2,1H3;4-5H,2-3H2,1H3. The molecule has 0 aromatic carbocycles. The summed E-state index contributed by atoms with van der Waals surface area (Å²) in [7, 11) is 3.64. The molecule has 3 amide bonds. The van der Waals surface area contributed by atoms with Gasteiger partial charge in [-0.3, -0.25) is 29.1 Å². The predicted octanol–water partition coefficient (Wildman–Crippen LogP) is -1.06. The van der Waals surface area contributed by atoms with Crippen LogP contribution in [0.1, 0.15) is 99.8 Å². The van der Waals surface area contributed by atoms with Crippen LogP contribution in [0, 0.1) is 5.92 Å². The Labute approximate surface area is 423 Å². The van der Waals surface area contributed by atoms with Gasteiger partial charge in [-0.1, -0.05) is 34.1 Å². The first-order valence-electron chi connectivity index (χ1n) is 26.8. The zero-order valence-electron chi connectivity index (χ0n) is 46.2. The number of rotatable bonds is 39. The number of nitrogens with one attached hydrogen (secondary N) is 4. The molecule has 20 nitrogen and oxygen atoms in total. The molecule has 0 aromatic rings. The third-order valence-corrected chi connectivity index (χ3v) is 11.3. The molecule has 0 bridgehead atoms. The molecule has 1 aliphatic rings. The van der Waals surface area contributed by atoms with E-state index in [1.54, 1.807) is 11.9 Å². The molecule has 416 valence electrons. The van der Waals surface area contributed by atoms with Crippen molar-refractivity contribution in [1.29, 1.82) is 0 Å². The van der Waals surface area contributed by atoms with Crippen molar-refractivity contribution in [1.82, 2.24) is 50.7 Å². The van der Waals surface area contributed by atoms with E-state index in [1.807, 2.05) is 53.5 Å². The largest absolute Gasteiger partial charge is 0.395 e. The molecule has 1 atom stereocenters. The number of carbonyl (C=O) groups is 3. The number of likely N-dealkylation sites (N-methyl/N-ethyl adjacent to an activating group) is 1. The van der Waals surface area contributed by atoms with Crippen LogP contribution in [0.2, 0.25) is 0 Å². The first-order valence-corrected chi connectivity index (χ1v) is 26.8. The third-order valence-electron chi connectivity index (χ3n) is 11.3. The van der Waals surface area contributed by atoms with Gasteiger partial charge in [-0.2, -0.15) is 0 Å². The maximum Gasteiger partial charge on any atom is 0.223 e. The van der Waals surface area contributed by atoms with E-state index in [9.17, 15) is 14.4 Å². The zero-order valence-corrected chi connectivity index (χ0v) is 46.2. The minimum Gasteiger partial charge on any atom is -0.395 e. The maximum absolute atomic E-state index is 11.1. The molecule has 1 aliphatic heterocycles. The van der Waals surface area contributed by atoms with E-state index in [1.165, 1.54) is 12.8 Å². The van der Waals surface area contributed by atoms with Crippen molar-refractivity contribution in [3.8, 4) is 0 Å². The van der Waals surface area contributed by atoms with E-state index >= 15 is 0 Å². The number of hydrogen-bond donors (Lipinski definition) is 11. The van der Waals surface area contributed by atoms with Crippen LogP contribution in [0.25, 0.3) is 0 Å². The van der Waals surface area contributed by atoms with Gasteiger partial charge in [0.15, 0.2) is 0 Å². The molecular weight excluding hydrogens is 877 g/mol. The fourth-order valence-corrected chi connectivity index (χ4v) is 6.85. The van der Waals surface area contributed by atoms with Gasteiger partial charge < -0.3 is 75.5 Å². The van der Waals surface area contributed by atoms with Gasteiger partial charge >= 0.3 is 0 Å². The number of carbonyl (C=O) groups excluding carboxylic acids is 3. The monoisotopic (exact) mass is 993 g/mol. The highest BCUT2D eigenvalue weighted by Gasteiger charge is 2.17. The Morgan fingerprint density at radius 1 is 0.623 bits per heavy atom. The molecule has 0 aliphatic carbocycles. The molecule has 0 aromatic heterocycles. The zero-order chi connectivity index (χ0) is 52.9. The van der Waals surface area contributed by atoms with Gasteiger partial charge in [-0.05, 0) is 73.0 Å². The Morgan fingerprint density at radius 2 is 1.10 bits per heavy atom. The van der Waals surface area contributed by atoms with Crippen LogP contribution in [-0.4, -0.2) is 249 Å². The number of amides is 3. The van der Waals surface area contributed by atoms with E-state index in [0.29, 0.717) is 51.6 Å². The first kappa shape index (κ1) is 73.4. The second-order valence-electron chi connectivity index (χ2n) is 17.7. The highest BCUT2D eigenvalue weighted by Crippen LogP contribution is 2.07.